The number of rotatable bonds is 4. The van der Waals surface area contributed by atoms with Gasteiger partial charge in [0.1, 0.15) is 0 Å². The van der Waals surface area contributed by atoms with Gasteiger partial charge in [-0.1, -0.05) is 18.9 Å². The van der Waals surface area contributed by atoms with Gasteiger partial charge < -0.3 is 5.32 Å². The van der Waals surface area contributed by atoms with Crippen LogP contribution >= 0.6 is 0 Å². The van der Waals surface area contributed by atoms with E-state index in [1.54, 1.807) is 5.56 Å². The molecule has 2 rings (SSSR count). The highest BCUT2D eigenvalue weighted by atomic mass is 14.9. The lowest BCUT2D eigenvalue weighted by Crippen LogP contribution is -2.28. The zero-order chi connectivity index (χ0) is 13.1. The standard InChI is InChI=1S/C17H27N/c1-12-11-13(2)15(4)17(14(12)3)9-10-18-16-7-5-6-8-16/h11,16,18H,5-10H2,1-4H3. The van der Waals surface area contributed by atoms with Crippen LogP contribution in [0.15, 0.2) is 6.07 Å². The number of aryl methyl sites for hydroxylation is 2. The quantitative estimate of drug-likeness (QED) is 0.845. The van der Waals surface area contributed by atoms with Gasteiger partial charge >= 0.3 is 0 Å². The predicted molar refractivity (Wildman–Crippen MR) is 79.4 cm³/mol. The fourth-order valence-corrected chi connectivity index (χ4v) is 3.20. The summed E-state index contributed by atoms with van der Waals surface area (Å²) in [5.41, 5.74) is 7.43. The molecule has 18 heavy (non-hydrogen) atoms. The van der Waals surface area contributed by atoms with Gasteiger partial charge in [-0.05, 0) is 81.3 Å². The van der Waals surface area contributed by atoms with E-state index >= 15 is 0 Å². The monoisotopic (exact) mass is 245 g/mol. The fourth-order valence-electron chi connectivity index (χ4n) is 3.20. The van der Waals surface area contributed by atoms with Crippen LogP contribution in [-0.2, 0) is 6.42 Å². The molecule has 1 aromatic carbocycles. The largest absolute Gasteiger partial charge is 0.314 e. The normalized spacial score (nSPS) is 16.4. The van der Waals surface area contributed by atoms with Crippen LogP contribution in [0.2, 0.25) is 0 Å². The first-order chi connectivity index (χ1) is 8.59. The average Bonchev–Trinajstić information content (AvgIpc) is 2.84. The highest BCUT2D eigenvalue weighted by Gasteiger charge is 2.14. The molecule has 0 radical (unpaired) electrons. The van der Waals surface area contributed by atoms with E-state index in [0.717, 1.165) is 12.6 Å². The van der Waals surface area contributed by atoms with Crippen molar-refractivity contribution in [3.63, 3.8) is 0 Å². The molecular weight excluding hydrogens is 218 g/mol. The van der Waals surface area contributed by atoms with E-state index in [2.05, 4.69) is 39.1 Å². The summed E-state index contributed by atoms with van der Waals surface area (Å²) in [6.45, 7) is 10.1. The Labute approximate surface area is 112 Å². The summed E-state index contributed by atoms with van der Waals surface area (Å²) in [7, 11) is 0. The molecule has 1 nitrogen and oxygen atoms in total. The van der Waals surface area contributed by atoms with Gasteiger partial charge in [-0.3, -0.25) is 0 Å². The summed E-state index contributed by atoms with van der Waals surface area (Å²) in [5.74, 6) is 0. The van der Waals surface area contributed by atoms with Crippen LogP contribution < -0.4 is 5.32 Å². The van der Waals surface area contributed by atoms with Crippen molar-refractivity contribution in [3.8, 4) is 0 Å². The zero-order valence-electron chi connectivity index (χ0n) is 12.4. The van der Waals surface area contributed by atoms with Crippen molar-refractivity contribution in [1.82, 2.24) is 5.32 Å². The van der Waals surface area contributed by atoms with Crippen molar-refractivity contribution >= 4 is 0 Å². The summed E-state index contributed by atoms with van der Waals surface area (Å²) in [5, 5.41) is 3.72. The zero-order valence-corrected chi connectivity index (χ0v) is 12.4. The van der Waals surface area contributed by atoms with Gasteiger partial charge in [-0.2, -0.15) is 0 Å². The summed E-state index contributed by atoms with van der Waals surface area (Å²) in [6.07, 6.45) is 6.77. The Balaban J connectivity index is 1.99. The first kappa shape index (κ1) is 13.6. The van der Waals surface area contributed by atoms with E-state index in [4.69, 9.17) is 0 Å². The minimum absolute atomic E-state index is 0.788. The number of hydrogen-bond donors (Lipinski definition) is 1. The Kier molecular flexibility index (Phi) is 4.45. The maximum absolute atomic E-state index is 3.72. The van der Waals surface area contributed by atoms with Gasteiger partial charge in [-0.15, -0.1) is 0 Å². The summed E-state index contributed by atoms with van der Waals surface area (Å²) < 4.78 is 0. The third kappa shape index (κ3) is 2.95. The molecule has 0 unspecified atom stereocenters. The molecule has 0 atom stereocenters. The summed E-state index contributed by atoms with van der Waals surface area (Å²) in [6, 6.07) is 3.11. The van der Waals surface area contributed by atoms with Crippen molar-refractivity contribution in [1.29, 1.82) is 0 Å². The molecule has 0 spiro atoms. The van der Waals surface area contributed by atoms with Gasteiger partial charge in [0.25, 0.3) is 0 Å². The van der Waals surface area contributed by atoms with Crippen LogP contribution in [-0.4, -0.2) is 12.6 Å². The number of nitrogens with one attached hydrogen (secondary N) is 1. The fraction of sp³-hybridized carbons (Fsp3) is 0.647. The highest BCUT2D eigenvalue weighted by molar-refractivity contribution is 5.44. The molecular formula is C17H27N. The first-order valence-corrected chi connectivity index (χ1v) is 7.39. The van der Waals surface area contributed by atoms with E-state index in [9.17, 15) is 0 Å². The van der Waals surface area contributed by atoms with Crippen LogP contribution in [0.4, 0.5) is 0 Å². The van der Waals surface area contributed by atoms with E-state index in [1.807, 2.05) is 0 Å². The maximum atomic E-state index is 3.72. The number of benzene rings is 1. The molecule has 0 bridgehead atoms. The maximum Gasteiger partial charge on any atom is 0.00671 e. The van der Waals surface area contributed by atoms with Crippen LogP contribution in [0.1, 0.15) is 53.5 Å². The Morgan fingerprint density at radius 3 is 2.11 bits per heavy atom. The lowest BCUT2D eigenvalue weighted by atomic mass is 9.92. The summed E-state index contributed by atoms with van der Waals surface area (Å²) >= 11 is 0. The highest BCUT2D eigenvalue weighted by Crippen LogP contribution is 2.22. The Morgan fingerprint density at radius 2 is 1.56 bits per heavy atom. The lowest BCUT2D eigenvalue weighted by Gasteiger charge is -2.17. The van der Waals surface area contributed by atoms with Crippen molar-refractivity contribution in [2.24, 2.45) is 0 Å². The second kappa shape index (κ2) is 5.88. The SMILES string of the molecule is Cc1cc(C)c(C)c(CCNC2CCCC2)c1C. The third-order valence-electron chi connectivity index (χ3n) is 4.68. The van der Waals surface area contributed by atoms with Gasteiger partial charge in [-0.25, -0.2) is 0 Å². The lowest BCUT2D eigenvalue weighted by molar-refractivity contribution is 0.527. The van der Waals surface area contributed by atoms with Crippen LogP contribution in [0.3, 0.4) is 0 Å². The van der Waals surface area contributed by atoms with Gasteiger partial charge in [0.2, 0.25) is 0 Å². The van der Waals surface area contributed by atoms with Crippen molar-refractivity contribution in [3.05, 3.63) is 33.9 Å². The molecule has 0 aliphatic heterocycles. The van der Waals surface area contributed by atoms with Gasteiger partial charge in [0.15, 0.2) is 0 Å². The molecule has 1 N–H and O–H groups in total. The van der Waals surface area contributed by atoms with Gasteiger partial charge in [0, 0.05) is 6.04 Å². The molecule has 1 fully saturated rings. The van der Waals surface area contributed by atoms with Crippen molar-refractivity contribution < 1.29 is 0 Å². The number of hydrogen-bond acceptors (Lipinski definition) is 1. The topological polar surface area (TPSA) is 12.0 Å². The minimum Gasteiger partial charge on any atom is -0.314 e. The Hall–Kier alpha value is -0.820. The smallest absolute Gasteiger partial charge is 0.00671 e. The van der Waals surface area contributed by atoms with E-state index < -0.39 is 0 Å². The molecule has 0 saturated heterocycles. The molecule has 0 heterocycles. The molecule has 0 amide bonds. The third-order valence-corrected chi connectivity index (χ3v) is 4.68. The average molecular weight is 245 g/mol. The van der Waals surface area contributed by atoms with Crippen LogP contribution in [0.5, 0.6) is 0 Å². The van der Waals surface area contributed by atoms with Crippen LogP contribution in [0.25, 0.3) is 0 Å². The second-order valence-electron chi connectivity index (χ2n) is 5.92. The predicted octanol–water partition coefficient (Wildman–Crippen LogP) is 3.99. The van der Waals surface area contributed by atoms with Crippen molar-refractivity contribution in [2.45, 2.75) is 65.8 Å². The molecule has 100 valence electrons. The molecule has 0 aromatic heterocycles. The van der Waals surface area contributed by atoms with Crippen LogP contribution in [0, 0.1) is 27.7 Å². The van der Waals surface area contributed by atoms with E-state index in [0.29, 0.717) is 0 Å². The molecule has 1 saturated carbocycles. The first-order valence-electron chi connectivity index (χ1n) is 7.39. The Bertz CT molecular complexity index is 388. The minimum atomic E-state index is 0.788. The Morgan fingerprint density at radius 1 is 1.00 bits per heavy atom. The van der Waals surface area contributed by atoms with E-state index in [1.165, 1.54) is 54.4 Å². The van der Waals surface area contributed by atoms with Crippen molar-refractivity contribution in [2.75, 3.05) is 6.54 Å². The summed E-state index contributed by atoms with van der Waals surface area (Å²) in [4.78, 5) is 0. The molecule has 1 aromatic rings. The molecule has 1 aliphatic carbocycles. The van der Waals surface area contributed by atoms with Gasteiger partial charge in [0.05, 0.1) is 0 Å². The van der Waals surface area contributed by atoms with E-state index in [-0.39, 0.29) is 0 Å². The molecule has 1 heteroatoms. The second-order valence-corrected chi connectivity index (χ2v) is 5.92. The molecule has 1 aliphatic rings.